The first-order valence-corrected chi connectivity index (χ1v) is 5.71. The fraction of sp³-hybridized carbons (Fsp3) is 0.615. The lowest BCUT2D eigenvalue weighted by molar-refractivity contribution is -0.140. The van der Waals surface area contributed by atoms with Crippen LogP contribution in [-0.4, -0.2) is 11.1 Å². The van der Waals surface area contributed by atoms with Crippen LogP contribution in [0.25, 0.3) is 0 Å². The van der Waals surface area contributed by atoms with Gasteiger partial charge in [0.15, 0.2) is 0 Å². The van der Waals surface area contributed by atoms with Crippen molar-refractivity contribution in [2.75, 3.05) is 0 Å². The molecule has 1 N–H and O–H groups in total. The lowest BCUT2D eigenvalue weighted by Gasteiger charge is -1.99. The normalized spacial score (nSPS) is 13.7. The van der Waals surface area contributed by atoms with Crippen LogP contribution >= 0.6 is 0 Å². The molecule has 1 unspecified atom stereocenters. The predicted octanol–water partition coefficient (Wildman–Crippen LogP) is 3.79. The third-order valence-electron chi connectivity index (χ3n) is 2.20. The van der Waals surface area contributed by atoms with E-state index < -0.39 is 5.97 Å². The average Bonchev–Trinajstić information content (AvgIpc) is 2.21. The van der Waals surface area contributed by atoms with Gasteiger partial charge in [-0.05, 0) is 25.7 Å². The minimum absolute atomic E-state index is 0.267. The van der Waals surface area contributed by atoms with Crippen molar-refractivity contribution in [1.29, 1.82) is 0 Å². The number of allylic oxidation sites excluding steroid dienone is 4. The molecule has 0 aromatic carbocycles. The molecule has 0 saturated carbocycles. The molecule has 0 heterocycles. The van der Waals surface area contributed by atoms with E-state index in [1.807, 2.05) is 6.08 Å². The molecule has 0 rings (SSSR count). The molecule has 0 aliphatic heterocycles. The summed E-state index contributed by atoms with van der Waals surface area (Å²) < 4.78 is 0. The Morgan fingerprint density at radius 2 is 1.67 bits per heavy atom. The van der Waals surface area contributed by atoms with Crippen LogP contribution < -0.4 is 0 Å². The molecule has 2 nitrogen and oxygen atoms in total. The summed E-state index contributed by atoms with van der Waals surface area (Å²) in [6, 6.07) is 0. The monoisotopic (exact) mass is 210 g/mol. The van der Waals surface area contributed by atoms with Gasteiger partial charge in [-0.25, -0.2) is 0 Å². The molecule has 1 atom stereocenters. The van der Waals surface area contributed by atoms with Gasteiger partial charge in [-0.1, -0.05) is 44.6 Å². The molecular weight excluding hydrogens is 188 g/mol. The summed E-state index contributed by atoms with van der Waals surface area (Å²) in [5, 5.41) is 8.64. The van der Waals surface area contributed by atoms with E-state index in [0.717, 1.165) is 19.3 Å². The lowest BCUT2D eigenvalue weighted by Crippen LogP contribution is -2.07. The molecule has 0 bridgehead atoms. The van der Waals surface area contributed by atoms with E-state index in [4.69, 9.17) is 5.11 Å². The zero-order chi connectivity index (χ0) is 11.5. The fourth-order valence-corrected chi connectivity index (χ4v) is 1.11. The summed E-state index contributed by atoms with van der Waals surface area (Å²) in [6.07, 6.45) is 13.5. The Morgan fingerprint density at radius 3 is 2.20 bits per heavy atom. The highest BCUT2D eigenvalue weighted by atomic mass is 16.4. The molecular formula is C13H22O2. The Bertz CT molecular complexity index is 217. The van der Waals surface area contributed by atoms with Gasteiger partial charge in [-0.15, -0.1) is 0 Å². The minimum Gasteiger partial charge on any atom is -0.481 e. The summed E-state index contributed by atoms with van der Waals surface area (Å²) in [5.74, 6) is -0.987. The maximum Gasteiger partial charge on any atom is 0.306 e. The Labute approximate surface area is 92.7 Å². The number of rotatable bonds is 8. The van der Waals surface area contributed by atoms with Crippen molar-refractivity contribution < 1.29 is 9.90 Å². The van der Waals surface area contributed by atoms with E-state index in [-0.39, 0.29) is 5.92 Å². The summed E-state index contributed by atoms with van der Waals surface area (Å²) in [7, 11) is 0. The maximum absolute atomic E-state index is 10.5. The van der Waals surface area contributed by atoms with E-state index in [0.29, 0.717) is 6.42 Å². The number of aliphatic carboxylic acids is 1. The third kappa shape index (κ3) is 9.26. The van der Waals surface area contributed by atoms with Crippen LogP contribution in [0.3, 0.4) is 0 Å². The zero-order valence-electron chi connectivity index (χ0n) is 9.78. The predicted molar refractivity (Wildman–Crippen MR) is 63.8 cm³/mol. The first kappa shape index (κ1) is 13.9. The number of hydrogen-bond donors (Lipinski definition) is 1. The van der Waals surface area contributed by atoms with Gasteiger partial charge in [-0.2, -0.15) is 0 Å². The van der Waals surface area contributed by atoms with E-state index >= 15 is 0 Å². The molecule has 0 spiro atoms. The molecule has 0 saturated heterocycles. The smallest absolute Gasteiger partial charge is 0.306 e. The quantitative estimate of drug-likeness (QED) is 0.489. The number of carboxylic acids is 1. The Morgan fingerprint density at radius 1 is 1.13 bits per heavy atom. The summed E-state index contributed by atoms with van der Waals surface area (Å²) in [6.45, 7) is 3.89. The zero-order valence-corrected chi connectivity index (χ0v) is 9.78. The highest BCUT2D eigenvalue weighted by Gasteiger charge is 2.06. The molecule has 2 heteroatoms. The fourth-order valence-electron chi connectivity index (χ4n) is 1.11. The number of carbonyl (C=O) groups is 1. The largest absolute Gasteiger partial charge is 0.481 e. The van der Waals surface area contributed by atoms with E-state index in [9.17, 15) is 4.79 Å². The first-order chi connectivity index (χ1) is 7.18. The highest BCUT2D eigenvalue weighted by molar-refractivity contribution is 5.69. The van der Waals surface area contributed by atoms with E-state index in [2.05, 4.69) is 25.2 Å². The van der Waals surface area contributed by atoms with Gasteiger partial charge in [0.05, 0.1) is 5.92 Å². The van der Waals surface area contributed by atoms with Crippen molar-refractivity contribution in [3.05, 3.63) is 24.3 Å². The van der Waals surface area contributed by atoms with Crippen LogP contribution in [0.15, 0.2) is 24.3 Å². The van der Waals surface area contributed by atoms with Crippen LogP contribution in [0, 0.1) is 5.92 Å². The Kier molecular flexibility index (Phi) is 8.84. The van der Waals surface area contributed by atoms with Gasteiger partial charge in [0, 0.05) is 0 Å². The summed E-state index contributed by atoms with van der Waals surface area (Å²) in [4.78, 5) is 10.5. The van der Waals surface area contributed by atoms with Crippen molar-refractivity contribution in [1.82, 2.24) is 0 Å². The van der Waals surface area contributed by atoms with Crippen LogP contribution in [0.1, 0.15) is 46.0 Å². The van der Waals surface area contributed by atoms with Gasteiger partial charge in [0.1, 0.15) is 0 Å². The number of unbranched alkanes of at least 4 members (excludes halogenated alkanes) is 2. The van der Waals surface area contributed by atoms with Gasteiger partial charge < -0.3 is 5.11 Å². The van der Waals surface area contributed by atoms with Crippen LogP contribution in [0.4, 0.5) is 0 Å². The van der Waals surface area contributed by atoms with Crippen LogP contribution in [0.2, 0.25) is 0 Å². The number of hydrogen-bond acceptors (Lipinski definition) is 1. The summed E-state index contributed by atoms with van der Waals surface area (Å²) >= 11 is 0. The van der Waals surface area contributed by atoms with Crippen molar-refractivity contribution >= 4 is 5.97 Å². The molecule has 0 radical (unpaired) electrons. The van der Waals surface area contributed by atoms with Crippen molar-refractivity contribution in [2.45, 2.75) is 46.0 Å². The Hall–Kier alpha value is -1.05. The van der Waals surface area contributed by atoms with Gasteiger partial charge in [0.2, 0.25) is 0 Å². The molecule has 15 heavy (non-hydrogen) atoms. The topological polar surface area (TPSA) is 37.3 Å². The molecule has 0 aromatic heterocycles. The molecule has 0 amide bonds. The standard InChI is InChI=1S/C13H22O2/c1-3-4-5-6-7-8-9-10-11-12(2)13(14)15/h5-6,9-10,12H,3-4,7-8,11H2,1-2H3,(H,14,15)/b6-5+,10-9+. The third-order valence-corrected chi connectivity index (χ3v) is 2.20. The van der Waals surface area contributed by atoms with Crippen molar-refractivity contribution in [3.8, 4) is 0 Å². The van der Waals surface area contributed by atoms with Gasteiger partial charge in [-0.3, -0.25) is 4.79 Å². The second kappa shape index (κ2) is 9.50. The molecule has 0 aliphatic rings. The van der Waals surface area contributed by atoms with Gasteiger partial charge in [0.25, 0.3) is 0 Å². The second-order valence-electron chi connectivity index (χ2n) is 3.78. The molecule has 86 valence electrons. The SMILES string of the molecule is CCC/C=C/CC/C=C/CC(C)C(=O)O. The minimum atomic E-state index is -0.720. The molecule has 0 fully saturated rings. The second-order valence-corrected chi connectivity index (χ2v) is 3.78. The number of carboxylic acid groups (broad SMARTS) is 1. The van der Waals surface area contributed by atoms with E-state index in [1.54, 1.807) is 6.92 Å². The van der Waals surface area contributed by atoms with E-state index in [1.165, 1.54) is 6.42 Å². The molecule has 0 aliphatic carbocycles. The lowest BCUT2D eigenvalue weighted by atomic mass is 10.1. The average molecular weight is 210 g/mol. The van der Waals surface area contributed by atoms with Crippen LogP contribution in [-0.2, 0) is 4.79 Å². The van der Waals surface area contributed by atoms with Gasteiger partial charge >= 0.3 is 5.97 Å². The van der Waals surface area contributed by atoms with Crippen molar-refractivity contribution in [3.63, 3.8) is 0 Å². The first-order valence-electron chi connectivity index (χ1n) is 5.71. The molecule has 0 aromatic rings. The highest BCUT2D eigenvalue weighted by Crippen LogP contribution is 2.04. The van der Waals surface area contributed by atoms with Crippen molar-refractivity contribution in [2.24, 2.45) is 5.92 Å². The maximum atomic E-state index is 10.5. The Balaban J connectivity index is 3.43. The summed E-state index contributed by atoms with van der Waals surface area (Å²) in [5.41, 5.74) is 0. The van der Waals surface area contributed by atoms with Crippen LogP contribution in [0.5, 0.6) is 0 Å².